The predicted molar refractivity (Wildman–Crippen MR) is 88.2 cm³/mol. The Hall–Kier alpha value is -2.93. The van der Waals surface area contributed by atoms with Crippen molar-refractivity contribution in [2.24, 2.45) is 0 Å². The third-order valence-electron chi connectivity index (χ3n) is 3.64. The van der Waals surface area contributed by atoms with Crippen LogP contribution in [0.4, 0.5) is 11.5 Å². The number of nitrogens with zero attached hydrogens (tertiary/aromatic N) is 3. The van der Waals surface area contributed by atoms with Crippen molar-refractivity contribution in [2.75, 3.05) is 5.32 Å². The van der Waals surface area contributed by atoms with Gasteiger partial charge >= 0.3 is 0 Å². The van der Waals surface area contributed by atoms with E-state index in [0.717, 1.165) is 22.3 Å². The molecule has 0 fully saturated rings. The number of hydrogen-bond acceptors (Lipinski definition) is 4. The molecule has 0 aliphatic rings. The molecule has 0 amide bonds. The molecule has 0 atom stereocenters. The number of aryl methyl sites for hydroxylation is 3. The number of para-hydroxylation sites is 1. The van der Waals surface area contributed by atoms with Crippen molar-refractivity contribution >= 4 is 22.4 Å². The number of nitrogens with one attached hydrogen (secondary N) is 1. The SMILES string of the molecule is Cc1cc(C)c2cccc(Nc3ccc(C#N)c(C)n3)c2n1. The Kier molecular flexibility index (Phi) is 3.48. The molecule has 4 nitrogen and oxygen atoms in total. The molecule has 0 aliphatic heterocycles. The van der Waals surface area contributed by atoms with Crippen molar-refractivity contribution in [3.8, 4) is 6.07 Å². The maximum absolute atomic E-state index is 8.98. The first-order valence-electron chi connectivity index (χ1n) is 7.10. The van der Waals surface area contributed by atoms with Crippen molar-refractivity contribution in [2.45, 2.75) is 20.8 Å². The Morgan fingerprint density at radius 1 is 1.05 bits per heavy atom. The molecule has 0 radical (unpaired) electrons. The lowest BCUT2D eigenvalue weighted by molar-refractivity contribution is 1.18. The minimum atomic E-state index is 0.591. The second kappa shape index (κ2) is 5.45. The number of rotatable bonds is 2. The Morgan fingerprint density at radius 3 is 2.59 bits per heavy atom. The minimum absolute atomic E-state index is 0.591. The number of benzene rings is 1. The monoisotopic (exact) mass is 288 g/mol. The highest BCUT2D eigenvalue weighted by Gasteiger charge is 2.07. The first-order valence-corrected chi connectivity index (χ1v) is 7.10. The summed E-state index contributed by atoms with van der Waals surface area (Å²) in [5.74, 6) is 0.713. The van der Waals surface area contributed by atoms with Gasteiger partial charge in [0.25, 0.3) is 0 Å². The molecular formula is C18H16N4. The molecule has 0 bridgehead atoms. The zero-order chi connectivity index (χ0) is 15.7. The second-order valence-corrected chi connectivity index (χ2v) is 5.35. The number of anilines is 2. The number of fused-ring (bicyclic) bond motifs is 1. The lowest BCUT2D eigenvalue weighted by Crippen LogP contribution is -1.99. The molecule has 3 aromatic rings. The van der Waals surface area contributed by atoms with E-state index in [1.807, 2.05) is 32.0 Å². The van der Waals surface area contributed by atoms with E-state index in [1.165, 1.54) is 5.56 Å². The van der Waals surface area contributed by atoms with E-state index in [2.05, 4.69) is 40.4 Å². The summed E-state index contributed by atoms with van der Waals surface area (Å²) in [6.07, 6.45) is 0. The second-order valence-electron chi connectivity index (χ2n) is 5.35. The van der Waals surface area contributed by atoms with Crippen LogP contribution in [0, 0.1) is 32.1 Å². The van der Waals surface area contributed by atoms with Crippen LogP contribution in [0.3, 0.4) is 0 Å². The van der Waals surface area contributed by atoms with Crippen LogP contribution in [0.15, 0.2) is 36.4 Å². The Morgan fingerprint density at radius 2 is 1.86 bits per heavy atom. The highest BCUT2D eigenvalue weighted by molar-refractivity contribution is 5.93. The third kappa shape index (κ3) is 2.49. The molecule has 3 rings (SSSR count). The van der Waals surface area contributed by atoms with Crippen molar-refractivity contribution in [3.63, 3.8) is 0 Å². The van der Waals surface area contributed by atoms with Crippen LogP contribution in [-0.2, 0) is 0 Å². The lowest BCUT2D eigenvalue weighted by Gasteiger charge is -2.11. The Bertz CT molecular complexity index is 907. The van der Waals surface area contributed by atoms with Gasteiger partial charge in [-0.2, -0.15) is 5.26 Å². The number of hydrogen-bond donors (Lipinski definition) is 1. The van der Waals surface area contributed by atoms with E-state index in [1.54, 1.807) is 6.07 Å². The summed E-state index contributed by atoms with van der Waals surface area (Å²) in [5.41, 5.74) is 5.35. The third-order valence-corrected chi connectivity index (χ3v) is 3.64. The fourth-order valence-electron chi connectivity index (χ4n) is 2.57. The Labute approximate surface area is 129 Å². The van der Waals surface area contributed by atoms with Gasteiger partial charge in [0.1, 0.15) is 11.9 Å². The summed E-state index contributed by atoms with van der Waals surface area (Å²) in [7, 11) is 0. The van der Waals surface area contributed by atoms with Gasteiger partial charge in [0.2, 0.25) is 0 Å². The average molecular weight is 288 g/mol. The summed E-state index contributed by atoms with van der Waals surface area (Å²) in [6.45, 7) is 5.91. The van der Waals surface area contributed by atoms with Gasteiger partial charge in [-0.25, -0.2) is 4.98 Å². The van der Waals surface area contributed by atoms with E-state index >= 15 is 0 Å². The average Bonchev–Trinajstić information content (AvgIpc) is 2.48. The van der Waals surface area contributed by atoms with E-state index < -0.39 is 0 Å². The summed E-state index contributed by atoms with van der Waals surface area (Å²) in [5, 5.41) is 13.4. The molecule has 2 heterocycles. The standard InChI is InChI=1S/C18H16N4/c1-11-9-12(2)20-18-15(11)5-4-6-16(18)22-17-8-7-14(10-19)13(3)21-17/h4-9H,1-3H3,(H,21,22). The van der Waals surface area contributed by atoms with Crippen LogP contribution < -0.4 is 5.32 Å². The summed E-state index contributed by atoms with van der Waals surface area (Å²) >= 11 is 0. The van der Waals surface area contributed by atoms with E-state index in [-0.39, 0.29) is 0 Å². The zero-order valence-electron chi connectivity index (χ0n) is 12.8. The molecule has 0 saturated carbocycles. The minimum Gasteiger partial charge on any atom is -0.338 e. The fraction of sp³-hybridized carbons (Fsp3) is 0.167. The molecule has 4 heteroatoms. The van der Waals surface area contributed by atoms with Crippen LogP contribution in [0.1, 0.15) is 22.5 Å². The predicted octanol–water partition coefficient (Wildman–Crippen LogP) is 4.17. The summed E-state index contributed by atoms with van der Waals surface area (Å²) < 4.78 is 0. The quantitative estimate of drug-likeness (QED) is 0.768. The zero-order valence-corrected chi connectivity index (χ0v) is 12.8. The van der Waals surface area contributed by atoms with Gasteiger partial charge in [-0.1, -0.05) is 12.1 Å². The first-order chi connectivity index (χ1) is 10.6. The highest BCUT2D eigenvalue weighted by atomic mass is 15.0. The molecule has 108 valence electrons. The van der Waals surface area contributed by atoms with E-state index in [0.29, 0.717) is 17.1 Å². The number of pyridine rings is 2. The number of nitriles is 1. The largest absolute Gasteiger partial charge is 0.338 e. The van der Waals surface area contributed by atoms with Gasteiger partial charge < -0.3 is 5.32 Å². The van der Waals surface area contributed by atoms with E-state index in [9.17, 15) is 0 Å². The van der Waals surface area contributed by atoms with Crippen LogP contribution >= 0.6 is 0 Å². The molecular weight excluding hydrogens is 272 g/mol. The van der Waals surface area contributed by atoms with Crippen LogP contribution in [-0.4, -0.2) is 9.97 Å². The van der Waals surface area contributed by atoms with Gasteiger partial charge in [-0.3, -0.25) is 4.98 Å². The maximum Gasteiger partial charge on any atom is 0.130 e. The van der Waals surface area contributed by atoms with Crippen molar-refractivity contribution in [3.05, 3.63) is 58.9 Å². The lowest BCUT2D eigenvalue weighted by atomic mass is 10.1. The fourth-order valence-corrected chi connectivity index (χ4v) is 2.57. The Balaban J connectivity index is 2.08. The molecule has 1 N–H and O–H groups in total. The molecule has 0 aliphatic carbocycles. The summed E-state index contributed by atoms with van der Waals surface area (Å²) in [6, 6.07) is 13.9. The van der Waals surface area contributed by atoms with Crippen LogP contribution in [0.2, 0.25) is 0 Å². The van der Waals surface area contributed by atoms with Gasteiger partial charge in [-0.15, -0.1) is 0 Å². The normalized spacial score (nSPS) is 10.5. The van der Waals surface area contributed by atoms with Crippen LogP contribution in [0.25, 0.3) is 10.9 Å². The number of aromatic nitrogens is 2. The molecule has 22 heavy (non-hydrogen) atoms. The van der Waals surface area contributed by atoms with Gasteiger partial charge in [0, 0.05) is 11.1 Å². The van der Waals surface area contributed by atoms with Gasteiger partial charge in [-0.05, 0) is 50.6 Å². The van der Waals surface area contributed by atoms with Gasteiger partial charge in [0.15, 0.2) is 0 Å². The molecule has 0 unspecified atom stereocenters. The van der Waals surface area contributed by atoms with Gasteiger partial charge in [0.05, 0.1) is 22.5 Å². The maximum atomic E-state index is 8.98. The topological polar surface area (TPSA) is 61.6 Å². The first kappa shape index (κ1) is 14.0. The van der Waals surface area contributed by atoms with Crippen LogP contribution in [0.5, 0.6) is 0 Å². The molecule has 0 saturated heterocycles. The molecule has 1 aromatic carbocycles. The molecule has 2 aromatic heterocycles. The summed E-state index contributed by atoms with van der Waals surface area (Å²) in [4.78, 5) is 9.08. The van der Waals surface area contributed by atoms with Crippen molar-refractivity contribution in [1.29, 1.82) is 5.26 Å². The van der Waals surface area contributed by atoms with Crippen molar-refractivity contribution < 1.29 is 0 Å². The molecule has 0 spiro atoms. The van der Waals surface area contributed by atoms with E-state index in [4.69, 9.17) is 5.26 Å². The smallest absolute Gasteiger partial charge is 0.130 e. The van der Waals surface area contributed by atoms with Crippen molar-refractivity contribution in [1.82, 2.24) is 9.97 Å². The highest BCUT2D eigenvalue weighted by Crippen LogP contribution is 2.27.